The van der Waals surface area contributed by atoms with E-state index < -0.39 is 0 Å². The van der Waals surface area contributed by atoms with E-state index in [0.717, 1.165) is 51.9 Å². The molecule has 2 aliphatic rings. The lowest BCUT2D eigenvalue weighted by Gasteiger charge is -2.39. The first-order valence-electron chi connectivity index (χ1n) is 9.88. The molecule has 2 aliphatic heterocycles. The maximum absolute atomic E-state index is 12.4. The van der Waals surface area contributed by atoms with Crippen LogP contribution in [0.25, 0.3) is 0 Å². The maximum Gasteiger partial charge on any atom is 0.293 e. The molecule has 2 saturated heterocycles. The average molecular weight is 368 g/mol. The van der Waals surface area contributed by atoms with Crippen molar-refractivity contribution in [3.05, 3.63) is 47.3 Å². The Bertz CT molecular complexity index is 800. The third-order valence-corrected chi connectivity index (χ3v) is 5.71. The first kappa shape index (κ1) is 18.0. The highest BCUT2D eigenvalue weighted by atomic mass is 16.1. The van der Waals surface area contributed by atoms with E-state index >= 15 is 0 Å². The van der Waals surface area contributed by atoms with Gasteiger partial charge in [-0.25, -0.2) is 4.98 Å². The van der Waals surface area contributed by atoms with Crippen molar-refractivity contribution in [2.75, 3.05) is 36.0 Å². The first-order chi connectivity index (χ1) is 13.2. The van der Waals surface area contributed by atoms with Crippen molar-refractivity contribution in [3.8, 4) is 0 Å². The van der Waals surface area contributed by atoms with Crippen LogP contribution in [0.15, 0.2) is 41.7 Å². The van der Waals surface area contributed by atoms with Crippen LogP contribution in [0.3, 0.4) is 0 Å². The summed E-state index contributed by atoms with van der Waals surface area (Å²) >= 11 is 0. The molecule has 0 unspecified atom stereocenters. The number of nitrogens with zero attached hydrogens (tertiary/aromatic N) is 5. The van der Waals surface area contributed by atoms with E-state index in [0.29, 0.717) is 17.9 Å². The molecule has 1 N–H and O–H groups in total. The van der Waals surface area contributed by atoms with Gasteiger partial charge in [0.1, 0.15) is 0 Å². The molecule has 7 heteroatoms. The minimum Gasteiger partial charge on any atom is -0.371 e. The Morgan fingerprint density at radius 2 is 1.78 bits per heavy atom. The summed E-state index contributed by atoms with van der Waals surface area (Å²) in [6, 6.07) is 5.13. The maximum atomic E-state index is 12.4. The third kappa shape index (κ3) is 4.13. The predicted octanol–water partition coefficient (Wildman–Crippen LogP) is 1.40. The van der Waals surface area contributed by atoms with Gasteiger partial charge in [0.2, 0.25) is 0 Å². The Morgan fingerprint density at radius 1 is 1.00 bits per heavy atom. The summed E-state index contributed by atoms with van der Waals surface area (Å²) in [4.78, 5) is 25.4. The van der Waals surface area contributed by atoms with Crippen LogP contribution in [-0.4, -0.2) is 52.8 Å². The molecule has 0 spiro atoms. The molecular weight excluding hydrogens is 340 g/mol. The summed E-state index contributed by atoms with van der Waals surface area (Å²) in [5.41, 5.74) is 1.25. The molecular formula is C20H28N6O. The molecule has 0 aromatic carbocycles. The molecule has 2 aromatic rings. The fourth-order valence-corrected chi connectivity index (χ4v) is 4.20. The molecule has 0 amide bonds. The number of rotatable bonds is 4. The van der Waals surface area contributed by atoms with Crippen molar-refractivity contribution in [2.24, 2.45) is 7.05 Å². The number of piperidine rings is 2. The highest BCUT2D eigenvalue weighted by Crippen LogP contribution is 2.21. The summed E-state index contributed by atoms with van der Waals surface area (Å²) in [6.07, 6.45) is 11.7. The van der Waals surface area contributed by atoms with Gasteiger partial charge < -0.3 is 19.7 Å². The number of anilines is 2. The Morgan fingerprint density at radius 3 is 2.56 bits per heavy atom. The summed E-state index contributed by atoms with van der Waals surface area (Å²) in [6.45, 7) is 3.90. The van der Waals surface area contributed by atoms with Crippen LogP contribution in [0.4, 0.5) is 11.5 Å². The summed E-state index contributed by atoms with van der Waals surface area (Å²) in [5.74, 6) is 0.582. The minimum atomic E-state index is -0.0104. The van der Waals surface area contributed by atoms with E-state index in [4.69, 9.17) is 0 Å². The number of hydrogen-bond acceptors (Lipinski definition) is 6. The van der Waals surface area contributed by atoms with Gasteiger partial charge in [-0.2, -0.15) is 0 Å². The molecule has 0 saturated carbocycles. The molecule has 2 aromatic heterocycles. The molecule has 4 rings (SSSR count). The minimum absolute atomic E-state index is 0.0104. The fraction of sp³-hybridized carbons (Fsp3) is 0.550. The van der Waals surface area contributed by atoms with E-state index in [2.05, 4.69) is 37.2 Å². The van der Waals surface area contributed by atoms with Crippen LogP contribution < -0.4 is 20.7 Å². The Labute approximate surface area is 160 Å². The molecule has 0 aliphatic carbocycles. The lowest BCUT2D eigenvalue weighted by molar-refractivity contribution is 0.333. The smallest absolute Gasteiger partial charge is 0.293 e. The van der Waals surface area contributed by atoms with Gasteiger partial charge in [-0.15, -0.1) is 0 Å². The van der Waals surface area contributed by atoms with Crippen molar-refractivity contribution >= 4 is 11.5 Å². The average Bonchev–Trinajstić information content (AvgIpc) is 2.71. The number of hydrogen-bond donors (Lipinski definition) is 1. The molecule has 0 bridgehead atoms. The van der Waals surface area contributed by atoms with Gasteiger partial charge in [-0.1, -0.05) is 0 Å². The normalized spacial score (nSPS) is 21.4. The Hall–Kier alpha value is -2.41. The second-order valence-corrected chi connectivity index (χ2v) is 7.59. The van der Waals surface area contributed by atoms with Gasteiger partial charge in [-0.05, 0) is 37.8 Å². The van der Waals surface area contributed by atoms with Crippen molar-refractivity contribution in [2.45, 2.75) is 37.8 Å². The molecule has 144 valence electrons. The second-order valence-electron chi connectivity index (χ2n) is 7.59. The largest absolute Gasteiger partial charge is 0.371 e. The number of aromatic nitrogens is 3. The molecule has 1 atom stereocenters. The van der Waals surface area contributed by atoms with Crippen LogP contribution >= 0.6 is 0 Å². The standard InChI is InChI=1S/C20H28N6O/c1-24-14-10-22-19(20(24)27)26-11-2-3-17(15-26)23-16-6-12-25(13-7-16)18-4-8-21-9-5-18/h4-5,8-10,14,16-17,23H,2-3,6-7,11-13,15H2,1H3/t17-/m1/s1. The zero-order chi connectivity index (χ0) is 18.6. The summed E-state index contributed by atoms with van der Waals surface area (Å²) < 4.78 is 1.61. The van der Waals surface area contributed by atoms with Gasteiger partial charge in [0.15, 0.2) is 5.82 Å². The highest BCUT2D eigenvalue weighted by molar-refractivity contribution is 5.45. The van der Waals surface area contributed by atoms with Gasteiger partial charge in [-0.3, -0.25) is 9.78 Å². The van der Waals surface area contributed by atoms with Crippen molar-refractivity contribution < 1.29 is 0 Å². The molecule has 27 heavy (non-hydrogen) atoms. The van der Waals surface area contributed by atoms with E-state index in [1.165, 1.54) is 5.69 Å². The van der Waals surface area contributed by atoms with Gasteiger partial charge >= 0.3 is 0 Å². The predicted molar refractivity (Wildman–Crippen MR) is 107 cm³/mol. The van der Waals surface area contributed by atoms with Crippen LogP contribution in [0, 0.1) is 0 Å². The lowest BCUT2D eigenvalue weighted by Crippen LogP contribution is -2.53. The quantitative estimate of drug-likeness (QED) is 0.880. The molecule has 2 fully saturated rings. The van der Waals surface area contributed by atoms with Crippen LogP contribution in [0.1, 0.15) is 25.7 Å². The third-order valence-electron chi connectivity index (χ3n) is 5.71. The van der Waals surface area contributed by atoms with E-state index in [-0.39, 0.29) is 5.56 Å². The first-order valence-corrected chi connectivity index (χ1v) is 9.88. The summed E-state index contributed by atoms with van der Waals surface area (Å²) in [5, 5.41) is 3.85. The van der Waals surface area contributed by atoms with Crippen molar-refractivity contribution in [1.82, 2.24) is 19.9 Å². The van der Waals surface area contributed by atoms with Crippen LogP contribution in [0.5, 0.6) is 0 Å². The Kier molecular flexibility index (Phi) is 5.38. The van der Waals surface area contributed by atoms with E-state index in [1.807, 2.05) is 12.4 Å². The SMILES string of the molecule is Cn1ccnc(N2CCC[C@@H](NC3CCN(c4ccncc4)CC3)C2)c1=O. The van der Waals surface area contributed by atoms with E-state index in [1.54, 1.807) is 24.0 Å². The molecule has 0 radical (unpaired) electrons. The fourth-order valence-electron chi connectivity index (χ4n) is 4.20. The number of aryl methyl sites for hydroxylation is 1. The van der Waals surface area contributed by atoms with Gasteiger partial charge in [0.05, 0.1) is 0 Å². The molecule has 4 heterocycles. The lowest BCUT2D eigenvalue weighted by atomic mass is 10.00. The zero-order valence-electron chi connectivity index (χ0n) is 15.9. The summed E-state index contributed by atoms with van der Waals surface area (Å²) in [7, 11) is 1.78. The number of nitrogens with one attached hydrogen (secondary N) is 1. The highest BCUT2D eigenvalue weighted by Gasteiger charge is 2.26. The van der Waals surface area contributed by atoms with Crippen LogP contribution in [0.2, 0.25) is 0 Å². The second kappa shape index (κ2) is 8.08. The van der Waals surface area contributed by atoms with Gasteiger partial charge in [0, 0.05) is 75.8 Å². The number of pyridine rings is 1. The van der Waals surface area contributed by atoms with Crippen molar-refractivity contribution in [3.63, 3.8) is 0 Å². The van der Waals surface area contributed by atoms with E-state index in [9.17, 15) is 4.79 Å². The topological polar surface area (TPSA) is 66.3 Å². The zero-order valence-corrected chi connectivity index (χ0v) is 15.9. The Balaban J connectivity index is 1.32. The molecule has 7 nitrogen and oxygen atoms in total. The van der Waals surface area contributed by atoms with Gasteiger partial charge in [0.25, 0.3) is 5.56 Å². The van der Waals surface area contributed by atoms with Crippen molar-refractivity contribution in [1.29, 1.82) is 0 Å². The monoisotopic (exact) mass is 368 g/mol. The van der Waals surface area contributed by atoms with Crippen LogP contribution in [-0.2, 0) is 7.05 Å².